The van der Waals surface area contributed by atoms with E-state index in [1.807, 2.05) is 60.7 Å². The summed E-state index contributed by atoms with van der Waals surface area (Å²) in [7, 11) is 0. The molecular formula is C27H32N2O4. The average molecular weight is 449 g/mol. The first-order valence-corrected chi connectivity index (χ1v) is 12.1. The highest BCUT2D eigenvalue weighted by atomic mass is 16.6. The third-order valence-corrected chi connectivity index (χ3v) is 7.84. The van der Waals surface area contributed by atoms with Gasteiger partial charge in [-0.1, -0.05) is 73.5 Å². The summed E-state index contributed by atoms with van der Waals surface area (Å²) in [6, 6.07) is 19.0. The number of rotatable bonds is 7. The number of ether oxygens (including phenoxy) is 1. The van der Waals surface area contributed by atoms with Crippen LogP contribution in [-0.4, -0.2) is 41.6 Å². The predicted molar refractivity (Wildman–Crippen MR) is 124 cm³/mol. The van der Waals surface area contributed by atoms with Gasteiger partial charge in [0.25, 0.3) is 5.91 Å². The van der Waals surface area contributed by atoms with Crippen molar-refractivity contribution in [1.82, 2.24) is 10.2 Å². The maximum atomic E-state index is 13.3. The molecule has 0 aromatic heterocycles. The van der Waals surface area contributed by atoms with Crippen LogP contribution in [-0.2, 0) is 21.7 Å². The lowest BCUT2D eigenvalue weighted by atomic mass is 9.79. The van der Waals surface area contributed by atoms with Crippen LogP contribution in [0.4, 0.5) is 4.79 Å². The maximum absolute atomic E-state index is 13.3. The Morgan fingerprint density at radius 3 is 2.21 bits per heavy atom. The number of fused-ring (bicyclic) bond motifs is 1. The Balaban J connectivity index is 1.12. The zero-order chi connectivity index (χ0) is 22.8. The van der Waals surface area contributed by atoms with Gasteiger partial charge < -0.3 is 20.1 Å². The van der Waals surface area contributed by atoms with Crippen molar-refractivity contribution >= 4 is 12.0 Å². The number of carbonyl (C=O) groups excluding carboxylic acids is 2. The van der Waals surface area contributed by atoms with E-state index in [1.165, 1.54) is 0 Å². The summed E-state index contributed by atoms with van der Waals surface area (Å²) in [6.45, 7) is 2.17. The monoisotopic (exact) mass is 448 g/mol. The molecule has 1 heterocycles. The van der Waals surface area contributed by atoms with E-state index in [-0.39, 0.29) is 24.5 Å². The van der Waals surface area contributed by atoms with E-state index < -0.39 is 5.60 Å². The second-order valence-electron chi connectivity index (χ2n) is 9.76. The van der Waals surface area contributed by atoms with Gasteiger partial charge in [-0.25, -0.2) is 4.79 Å². The molecule has 2 aromatic rings. The van der Waals surface area contributed by atoms with E-state index in [9.17, 15) is 14.7 Å². The van der Waals surface area contributed by atoms with Gasteiger partial charge in [-0.05, 0) is 41.7 Å². The third kappa shape index (κ3) is 4.36. The van der Waals surface area contributed by atoms with E-state index in [0.29, 0.717) is 43.0 Å². The molecule has 3 atom stereocenters. The van der Waals surface area contributed by atoms with Gasteiger partial charge in [-0.15, -0.1) is 0 Å². The molecule has 3 fully saturated rings. The zero-order valence-corrected chi connectivity index (χ0v) is 18.9. The number of piperidine rings is 1. The first-order valence-electron chi connectivity index (χ1n) is 12.1. The van der Waals surface area contributed by atoms with Crippen LogP contribution < -0.4 is 5.32 Å². The molecule has 2 aromatic carbocycles. The highest BCUT2D eigenvalue weighted by molar-refractivity contribution is 5.86. The van der Waals surface area contributed by atoms with Crippen LogP contribution in [0.1, 0.15) is 36.8 Å². The Bertz CT molecular complexity index is 964. The van der Waals surface area contributed by atoms with Crippen molar-refractivity contribution in [2.24, 2.45) is 23.7 Å². The van der Waals surface area contributed by atoms with Crippen LogP contribution in [0, 0.1) is 23.7 Å². The van der Waals surface area contributed by atoms with E-state index in [4.69, 9.17) is 4.74 Å². The molecule has 3 unspecified atom stereocenters. The van der Waals surface area contributed by atoms with E-state index in [0.717, 1.165) is 31.2 Å². The van der Waals surface area contributed by atoms with Crippen molar-refractivity contribution < 1.29 is 19.4 Å². The minimum Gasteiger partial charge on any atom is -0.445 e. The molecule has 0 spiro atoms. The lowest BCUT2D eigenvalue weighted by Crippen LogP contribution is -2.49. The average Bonchev–Trinajstić information content (AvgIpc) is 3.26. The largest absolute Gasteiger partial charge is 0.445 e. The normalized spacial score (nSPS) is 25.8. The standard InChI is InChI=1S/C27H32N2O4/c30-25(27(32,21-13-7-8-14-21)20-11-5-2-6-12-20)28-15-22-23-16-29(17-24(22)23)26(31)33-18-19-9-3-1-4-10-19/h1-6,9-12,21-24,32H,7-8,13-18H2,(H,28,30). The van der Waals surface area contributed by atoms with Crippen LogP contribution in [0.5, 0.6) is 0 Å². The van der Waals surface area contributed by atoms with Crippen molar-refractivity contribution in [1.29, 1.82) is 0 Å². The Morgan fingerprint density at radius 1 is 0.970 bits per heavy atom. The smallest absolute Gasteiger partial charge is 0.410 e. The summed E-state index contributed by atoms with van der Waals surface area (Å²) in [6.07, 6.45) is 3.57. The molecule has 3 aliphatic rings. The summed E-state index contributed by atoms with van der Waals surface area (Å²) in [5.74, 6) is 0.811. The molecule has 2 amide bonds. The van der Waals surface area contributed by atoms with Crippen molar-refractivity contribution in [2.45, 2.75) is 37.9 Å². The summed E-state index contributed by atoms with van der Waals surface area (Å²) in [5.41, 5.74) is 0.177. The number of aliphatic hydroxyl groups is 1. The minimum absolute atomic E-state index is 0.0477. The van der Waals surface area contributed by atoms with Gasteiger partial charge in [-0.2, -0.15) is 0 Å². The van der Waals surface area contributed by atoms with Crippen LogP contribution >= 0.6 is 0 Å². The van der Waals surface area contributed by atoms with Crippen LogP contribution in [0.2, 0.25) is 0 Å². The Labute approximate surface area is 194 Å². The lowest BCUT2D eigenvalue weighted by molar-refractivity contribution is -0.147. The molecule has 1 saturated heterocycles. The lowest BCUT2D eigenvalue weighted by Gasteiger charge is -2.33. The molecule has 0 bridgehead atoms. The van der Waals surface area contributed by atoms with Crippen molar-refractivity contribution in [3.8, 4) is 0 Å². The van der Waals surface area contributed by atoms with E-state index in [2.05, 4.69) is 5.32 Å². The van der Waals surface area contributed by atoms with Gasteiger partial charge in [0.1, 0.15) is 6.61 Å². The number of nitrogens with one attached hydrogen (secondary N) is 1. The highest BCUT2D eigenvalue weighted by Gasteiger charge is 2.57. The number of hydrogen-bond donors (Lipinski definition) is 2. The SMILES string of the molecule is O=C(OCc1ccccc1)N1CC2C(CNC(=O)C(O)(c3ccccc3)C3CCCC3)C2C1. The van der Waals surface area contributed by atoms with Crippen molar-refractivity contribution in [3.05, 3.63) is 71.8 Å². The molecule has 0 radical (unpaired) electrons. The highest BCUT2D eigenvalue weighted by Crippen LogP contribution is 2.51. The summed E-state index contributed by atoms with van der Waals surface area (Å²) in [5, 5.41) is 14.6. The molecule has 6 heteroatoms. The molecule has 2 N–H and O–H groups in total. The first-order chi connectivity index (χ1) is 16.1. The minimum atomic E-state index is -1.48. The van der Waals surface area contributed by atoms with E-state index >= 15 is 0 Å². The number of likely N-dealkylation sites (tertiary alicyclic amines) is 1. The predicted octanol–water partition coefficient (Wildman–Crippen LogP) is 3.70. The second kappa shape index (κ2) is 9.18. The fraction of sp³-hybridized carbons (Fsp3) is 0.481. The maximum Gasteiger partial charge on any atom is 0.410 e. The number of carbonyl (C=O) groups is 2. The second-order valence-corrected chi connectivity index (χ2v) is 9.76. The molecule has 5 rings (SSSR count). The first kappa shape index (κ1) is 22.0. The molecule has 33 heavy (non-hydrogen) atoms. The van der Waals surface area contributed by atoms with Crippen LogP contribution in [0.15, 0.2) is 60.7 Å². The Hall–Kier alpha value is -2.86. The number of nitrogens with zero attached hydrogens (tertiary/aromatic N) is 1. The number of amides is 2. The third-order valence-electron chi connectivity index (χ3n) is 7.84. The van der Waals surface area contributed by atoms with Gasteiger partial charge >= 0.3 is 6.09 Å². The molecule has 2 aliphatic carbocycles. The van der Waals surface area contributed by atoms with Gasteiger partial charge in [0, 0.05) is 25.6 Å². The fourth-order valence-corrected chi connectivity index (χ4v) is 5.85. The van der Waals surface area contributed by atoms with Gasteiger partial charge in [0.2, 0.25) is 0 Å². The molecular weight excluding hydrogens is 416 g/mol. The summed E-state index contributed by atoms with van der Waals surface area (Å²) in [4.78, 5) is 27.4. The van der Waals surface area contributed by atoms with Crippen LogP contribution in [0.3, 0.4) is 0 Å². The van der Waals surface area contributed by atoms with Gasteiger partial charge in [-0.3, -0.25) is 4.79 Å². The zero-order valence-electron chi connectivity index (χ0n) is 18.9. The van der Waals surface area contributed by atoms with E-state index in [1.54, 1.807) is 4.90 Å². The Kier molecular flexibility index (Phi) is 6.11. The van der Waals surface area contributed by atoms with Crippen molar-refractivity contribution in [2.75, 3.05) is 19.6 Å². The van der Waals surface area contributed by atoms with Gasteiger partial charge in [0.15, 0.2) is 5.60 Å². The van der Waals surface area contributed by atoms with Crippen LogP contribution in [0.25, 0.3) is 0 Å². The molecule has 2 saturated carbocycles. The quantitative estimate of drug-likeness (QED) is 0.677. The van der Waals surface area contributed by atoms with Crippen molar-refractivity contribution in [3.63, 3.8) is 0 Å². The summed E-state index contributed by atoms with van der Waals surface area (Å²) < 4.78 is 5.45. The fourth-order valence-electron chi connectivity index (χ4n) is 5.85. The van der Waals surface area contributed by atoms with Gasteiger partial charge in [0.05, 0.1) is 0 Å². The summed E-state index contributed by atoms with van der Waals surface area (Å²) >= 11 is 0. The molecule has 6 nitrogen and oxygen atoms in total. The molecule has 1 aliphatic heterocycles. The molecule has 174 valence electrons. The topological polar surface area (TPSA) is 78.9 Å². The number of benzene rings is 2. The number of hydrogen-bond acceptors (Lipinski definition) is 4. The Morgan fingerprint density at radius 2 is 1.58 bits per heavy atom.